The van der Waals surface area contributed by atoms with Gasteiger partial charge in [0.2, 0.25) is 15.9 Å². The fourth-order valence-corrected chi connectivity index (χ4v) is 5.30. The lowest BCUT2D eigenvalue weighted by Gasteiger charge is -2.30. The van der Waals surface area contributed by atoms with E-state index in [1.807, 2.05) is 0 Å². The molecule has 0 radical (unpaired) electrons. The Morgan fingerprint density at radius 3 is 2.35 bits per heavy atom. The predicted octanol–water partition coefficient (Wildman–Crippen LogP) is 1.59. The third-order valence-electron chi connectivity index (χ3n) is 6.07. The van der Waals surface area contributed by atoms with Gasteiger partial charge < -0.3 is 10.6 Å². The van der Waals surface area contributed by atoms with Crippen LogP contribution in [-0.4, -0.2) is 60.6 Å². The van der Waals surface area contributed by atoms with Crippen LogP contribution in [-0.2, 0) is 26.2 Å². The molecule has 0 bridgehead atoms. The van der Waals surface area contributed by atoms with E-state index < -0.39 is 27.5 Å². The highest BCUT2D eigenvalue weighted by Crippen LogP contribution is 2.33. The van der Waals surface area contributed by atoms with Crippen molar-refractivity contribution in [2.24, 2.45) is 0 Å². The maximum absolute atomic E-state index is 12.7. The van der Waals surface area contributed by atoms with Crippen molar-refractivity contribution in [1.82, 2.24) is 19.8 Å². The van der Waals surface area contributed by atoms with Crippen molar-refractivity contribution in [2.45, 2.75) is 69.0 Å². The molecule has 1 aliphatic carbocycles. The van der Waals surface area contributed by atoms with Crippen molar-refractivity contribution >= 4 is 27.9 Å². The molecule has 0 unspecified atom stereocenters. The average Bonchev–Trinajstić information content (AvgIpc) is 2.96. The minimum atomic E-state index is -3.57. The Hall–Kier alpha value is -2.46. The molecular formula is C21H30N4O5S. The van der Waals surface area contributed by atoms with E-state index in [-0.39, 0.29) is 29.9 Å². The number of hydrogen-bond donors (Lipinski definition) is 2. The number of amides is 4. The first-order valence-electron chi connectivity index (χ1n) is 10.5. The molecule has 1 aromatic carbocycles. The number of benzene rings is 1. The van der Waals surface area contributed by atoms with Gasteiger partial charge in [-0.25, -0.2) is 13.2 Å². The summed E-state index contributed by atoms with van der Waals surface area (Å²) in [5, 5.41) is 5.47. The Bertz CT molecular complexity index is 952. The van der Waals surface area contributed by atoms with Gasteiger partial charge >= 0.3 is 6.03 Å². The first-order chi connectivity index (χ1) is 14.6. The van der Waals surface area contributed by atoms with E-state index in [1.54, 1.807) is 26.0 Å². The lowest BCUT2D eigenvalue weighted by Crippen LogP contribution is -2.49. The van der Waals surface area contributed by atoms with Crippen molar-refractivity contribution in [3.63, 3.8) is 0 Å². The smallest absolute Gasteiger partial charge is 0.325 e. The van der Waals surface area contributed by atoms with Gasteiger partial charge in [0.05, 0.1) is 4.90 Å². The van der Waals surface area contributed by atoms with E-state index in [4.69, 9.17) is 0 Å². The molecule has 1 aliphatic heterocycles. The van der Waals surface area contributed by atoms with Crippen molar-refractivity contribution < 1.29 is 22.8 Å². The van der Waals surface area contributed by atoms with E-state index in [2.05, 4.69) is 10.6 Å². The molecule has 1 heterocycles. The summed E-state index contributed by atoms with van der Waals surface area (Å²) >= 11 is 0. The SMILES string of the molecule is CC(C)N(C)S(=O)(=O)c1ccc(CNC(=O)CN2C(=O)NC3(CCCCC3)C2=O)cc1. The molecule has 2 fully saturated rings. The molecule has 2 aliphatic rings. The van der Waals surface area contributed by atoms with Gasteiger partial charge in [0.15, 0.2) is 0 Å². The quantitative estimate of drug-likeness (QED) is 0.612. The van der Waals surface area contributed by atoms with E-state index in [1.165, 1.54) is 23.5 Å². The normalized spacial score (nSPS) is 18.7. The van der Waals surface area contributed by atoms with Crippen molar-refractivity contribution in [3.8, 4) is 0 Å². The average molecular weight is 451 g/mol. The number of rotatable bonds is 7. The van der Waals surface area contributed by atoms with Crippen molar-refractivity contribution in [1.29, 1.82) is 0 Å². The van der Waals surface area contributed by atoms with Crippen LogP contribution in [0.4, 0.5) is 4.79 Å². The highest BCUT2D eigenvalue weighted by Gasteiger charge is 2.51. The topological polar surface area (TPSA) is 116 Å². The monoisotopic (exact) mass is 450 g/mol. The molecule has 31 heavy (non-hydrogen) atoms. The minimum absolute atomic E-state index is 0.161. The Kier molecular flexibility index (Phi) is 6.70. The maximum Gasteiger partial charge on any atom is 0.325 e. The second-order valence-electron chi connectivity index (χ2n) is 8.50. The zero-order valence-corrected chi connectivity index (χ0v) is 19.0. The molecule has 0 atom stereocenters. The first kappa shape index (κ1) is 23.2. The van der Waals surface area contributed by atoms with Crippen LogP contribution in [0.3, 0.4) is 0 Å². The number of hydrogen-bond acceptors (Lipinski definition) is 5. The second kappa shape index (κ2) is 8.96. The third-order valence-corrected chi connectivity index (χ3v) is 8.12. The van der Waals surface area contributed by atoms with Crippen LogP contribution in [0.25, 0.3) is 0 Å². The molecule has 1 spiro atoms. The van der Waals surface area contributed by atoms with Crippen LogP contribution in [0.5, 0.6) is 0 Å². The molecule has 1 aromatic rings. The van der Waals surface area contributed by atoms with Gasteiger partial charge in [0.1, 0.15) is 12.1 Å². The van der Waals surface area contributed by atoms with E-state index >= 15 is 0 Å². The zero-order valence-electron chi connectivity index (χ0n) is 18.2. The van der Waals surface area contributed by atoms with Crippen LogP contribution in [0.15, 0.2) is 29.2 Å². The number of nitrogens with zero attached hydrogens (tertiary/aromatic N) is 2. The fraction of sp³-hybridized carbons (Fsp3) is 0.571. The van der Waals surface area contributed by atoms with Gasteiger partial charge in [0, 0.05) is 19.6 Å². The molecule has 9 nitrogen and oxygen atoms in total. The van der Waals surface area contributed by atoms with E-state index in [0.717, 1.165) is 24.2 Å². The number of carbonyl (C=O) groups excluding carboxylic acids is 3. The van der Waals surface area contributed by atoms with Crippen LogP contribution in [0.1, 0.15) is 51.5 Å². The number of sulfonamides is 1. The summed E-state index contributed by atoms with van der Waals surface area (Å²) in [6.45, 7) is 3.41. The summed E-state index contributed by atoms with van der Waals surface area (Å²) in [6, 6.07) is 5.58. The maximum atomic E-state index is 12.7. The van der Waals surface area contributed by atoms with E-state index in [0.29, 0.717) is 18.4 Å². The lowest BCUT2D eigenvalue weighted by molar-refractivity contribution is -0.135. The Labute approximate surface area is 183 Å². The van der Waals surface area contributed by atoms with Crippen molar-refractivity contribution in [2.75, 3.05) is 13.6 Å². The first-order valence-corrected chi connectivity index (χ1v) is 12.0. The molecule has 2 N–H and O–H groups in total. The van der Waals surface area contributed by atoms with Crippen molar-refractivity contribution in [3.05, 3.63) is 29.8 Å². The summed E-state index contributed by atoms with van der Waals surface area (Å²) in [6.07, 6.45) is 4.02. The van der Waals surface area contributed by atoms with Crippen LogP contribution >= 0.6 is 0 Å². The molecule has 4 amide bonds. The van der Waals surface area contributed by atoms with Gasteiger partial charge in [-0.2, -0.15) is 4.31 Å². The van der Waals surface area contributed by atoms with Gasteiger partial charge in [0.25, 0.3) is 5.91 Å². The third kappa shape index (κ3) is 4.74. The van der Waals surface area contributed by atoms with Crippen LogP contribution < -0.4 is 10.6 Å². The number of carbonyl (C=O) groups is 3. The van der Waals surface area contributed by atoms with E-state index in [9.17, 15) is 22.8 Å². The summed E-state index contributed by atoms with van der Waals surface area (Å²) in [5.41, 5.74) is -0.138. The molecule has 1 saturated carbocycles. The molecule has 1 saturated heterocycles. The molecule has 0 aromatic heterocycles. The van der Waals surface area contributed by atoms with Gasteiger partial charge in [-0.15, -0.1) is 0 Å². The lowest BCUT2D eigenvalue weighted by atomic mass is 9.82. The van der Waals surface area contributed by atoms with Gasteiger partial charge in [-0.3, -0.25) is 14.5 Å². The Morgan fingerprint density at radius 1 is 1.16 bits per heavy atom. The zero-order chi connectivity index (χ0) is 22.8. The molecule has 3 rings (SSSR count). The Balaban J connectivity index is 1.56. The minimum Gasteiger partial charge on any atom is -0.350 e. The molecule has 10 heteroatoms. The summed E-state index contributed by atoms with van der Waals surface area (Å²) < 4.78 is 26.3. The second-order valence-corrected chi connectivity index (χ2v) is 10.5. The Morgan fingerprint density at radius 2 is 1.77 bits per heavy atom. The highest BCUT2D eigenvalue weighted by atomic mass is 32.2. The molecular weight excluding hydrogens is 420 g/mol. The number of nitrogens with one attached hydrogen (secondary N) is 2. The van der Waals surface area contributed by atoms with Crippen LogP contribution in [0.2, 0.25) is 0 Å². The van der Waals surface area contributed by atoms with Gasteiger partial charge in [-0.1, -0.05) is 31.4 Å². The number of imide groups is 1. The fourth-order valence-electron chi connectivity index (χ4n) is 3.94. The summed E-state index contributed by atoms with van der Waals surface area (Å²) in [5.74, 6) is -0.774. The van der Waals surface area contributed by atoms with Crippen LogP contribution in [0, 0.1) is 0 Å². The largest absolute Gasteiger partial charge is 0.350 e. The highest BCUT2D eigenvalue weighted by molar-refractivity contribution is 7.89. The predicted molar refractivity (Wildman–Crippen MR) is 114 cm³/mol. The summed E-state index contributed by atoms with van der Waals surface area (Å²) in [7, 11) is -2.04. The van der Waals surface area contributed by atoms with Gasteiger partial charge in [-0.05, 0) is 44.4 Å². The summed E-state index contributed by atoms with van der Waals surface area (Å²) in [4.78, 5) is 38.5. The molecule has 170 valence electrons. The number of urea groups is 1. The standard InChI is InChI=1S/C21H30N4O5S/c1-15(2)24(3)31(29,30)17-9-7-16(8-10-17)13-22-18(26)14-25-19(27)21(23-20(25)28)11-5-4-6-12-21/h7-10,15H,4-6,11-14H2,1-3H3,(H,22,26)(H,23,28).